The van der Waals surface area contributed by atoms with Crippen molar-refractivity contribution in [1.29, 1.82) is 0 Å². The largest absolute Gasteiger partial charge is 0.463 e. The van der Waals surface area contributed by atoms with Crippen LogP contribution in [-0.4, -0.2) is 67.2 Å². The first-order valence-corrected chi connectivity index (χ1v) is 7.53. The first-order valence-electron chi connectivity index (χ1n) is 7.53. The summed E-state index contributed by atoms with van der Waals surface area (Å²) in [5.41, 5.74) is 0. The number of carbonyl (C=O) groups is 4. The van der Waals surface area contributed by atoms with Gasteiger partial charge in [0, 0.05) is 27.7 Å². The van der Waals surface area contributed by atoms with Gasteiger partial charge in [-0.2, -0.15) is 4.99 Å². The van der Waals surface area contributed by atoms with E-state index in [9.17, 15) is 24.0 Å². The van der Waals surface area contributed by atoms with Crippen molar-refractivity contribution < 1.29 is 47.7 Å². The van der Waals surface area contributed by atoms with Crippen LogP contribution in [0.25, 0.3) is 0 Å². The molecule has 0 aliphatic carbocycles. The van der Waals surface area contributed by atoms with E-state index in [1.165, 1.54) is 6.08 Å². The highest BCUT2D eigenvalue weighted by molar-refractivity contribution is 5.68. The van der Waals surface area contributed by atoms with Crippen LogP contribution in [0.15, 0.2) is 4.99 Å². The molecule has 0 aromatic heterocycles. The fourth-order valence-electron chi connectivity index (χ4n) is 2.36. The number of hydrogen-bond donors (Lipinski definition) is 0. The first kappa shape index (κ1) is 21.3. The Morgan fingerprint density at radius 3 is 1.81 bits per heavy atom. The Hall–Kier alpha value is -2.78. The van der Waals surface area contributed by atoms with E-state index in [2.05, 4.69) is 4.99 Å². The highest BCUT2D eigenvalue weighted by Crippen LogP contribution is 2.29. The molecule has 0 bridgehead atoms. The molecular weight excluding hydrogens is 354 g/mol. The molecule has 1 aliphatic rings. The number of aliphatic imine (C=N–C) groups is 1. The molecule has 0 N–H and O–H groups in total. The SMILES string of the molecule is CC(=O)OC[C@H]1O[C@@H](N=C=O)[C@H](OC(C)=O)[C@@H](OC(C)=O)[C@@H]1OC(C)=O. The number of rotatable bonds is 6. The predicted octanol–water partition coefficient (Wildman–Crippen LogP) is -0.595. The fraction of sp³-hybridized carbons (Fsp3) is 0.667. The average Bonchev–Trinajstić information content (AvgIpc) is 2.50. The molecule has 1 heterocycles. The molecule has 1 aliphatic heterocycles. The lowest BCUT2D eigenvalue weighted by molar-refractivity contribution is -0.250. The molecule has 11 heteroatoms. The molecule has 5 atom stereocenters. The molecule has 26 heavy (non-hydrogen) atoms. The predicted molar refractivity (Wildman–Crippen MR) is 80.1 cm³/mol. The Bertz CT molecular complexity index is 612. The molecule has 0 unspecified atom stereocenters. The molecule has 0 spiro atoms. The second-order valence-corrected chi connectivity index (χ2v) is 5.31. The number of isocyanates is 1. The third kappa shape index (κ3) is 6.26. The van der Waals surface area contributed by atoms with Gasteiger partial charge in [0.05, 0.1) is 0 Å². The van der Waals surface area contributed by atoms with Crippen LogP contribution in [-0.2, 0) is 47.7 Å². The van der Waals surface area contributed by atoms with E-state index in [4.69, 9.17) is 23.7 Å². The fourth-order valence-corrected chi connectivity index (χ4v) is 2.36. The third-order valence-corrected chi connectivity index (χ3v) is 3.15. The summed E-state index contributed by atoms with van der Waals surface area (Å²) in [6, 6.07) is 0. The van der Waals surface area contributed by atoms with Crippen LogP contribution in [0.3, 0.4) is 0 Å². The van der Waals surface area contributed by atoms with Gasteiger partial charge in [-0.3, -0.25) is 19.2 Å². The Balaban J connectivity index is 3.28. The minimum absolute atomic E-state index is 0.386. The van der Waals surface area contributed by atoms with Crippen LogP contribution in [0.4, 0.5) is 0 Å². The van der Waals surface area contributed by atoms with Gasteiger partial charge in [0.1, 0.15) is 12.7 Å². The molecule has 11 nitrogen and oxygen atoms in total. The Kier molecular flexibility index (Phi) is 7.88. The van der Waals surface area contributed by atoms with E-state index in [1.807, 2.05) is 0 Å². The zero-order valence-electron chi connectivity index (χ0n) is 14.6. The zero-order valence-corrected chi connectivity index (χ0v) is 14.6. The lowest BCUT2D eigenvalue weighted by atomic mass is 9.97. The monoisotopic (exact) mass is 373 g/mol. The maximum atomic E-state index is 11.5. The second-order valence-electron chi connectivity index (χ2n) is 5.31. The molecule has 0 saturated carbocycles. The van der Waals surface area contributed by atoms with Crippen molar-refractivity contribution in [3.8, 4) is 0 Å². The molecule has 144 valence electrons. The Morgan fingerprint density at radius 2 is 1.35 bits per heavy atom. The van der Waals surface area contributed by atoms with Crippen LogP contribution in [0.2, 0.25) is 0 Å². The highest BCUT2D eigenvalue weighted by atomic mass is 16.7. The molecular formula is C15H19NO10. The summed E-state index contributed by atoms with van der Waals surface area (Å²) >= 11 is 0. The van der Waals surface area contributed by atoms with Crippen LogP contribution < -0.4 is 0 Å². The number of hydrogen-bond acceptors (Lipinski definition) is 11. The molecule has 0 aromatic carbocycles. The molecule has 0 amide bonds. The molecule has 1 saturated heterocycles. The highest BCUT2D eigenvalue weighted by Gasteiger charge is 2.52. The van der Waals surface area contributed by atoms with Gasteiger partial charge in [0.25, 0.3) is 0 Å². The van der Waals surface area contributed by atoms with Gasteiger partial charge < -0.3 is 23.7 Å². The van der Waals surface area contributed by atoms with Gasteiger partial charge in [0.2, 0.25) is 12.3 Å². The summed E-state index contributed by atoms with van der Waals surface area (Å²) in [7, 11) is 0. The summed E-state index contributed by atoms with van der Waals surface area (Å²) in [4.78, 5) is 59.4. The van der Waals surface area contributed by atoms with Gasteiger partial charge in [-0.05, 0) is 0 Å². The smallest absolute Gasteiger partial charge is 0.303 e. The Morgan fingerprint density at radius 1 is 0.846 bits per heavy atom. The van der Waals surface area contributed by atoms with Gasteiger partial charge in [-0.15, -0.1) is 0 Å². The van der Waals surface area contributed by atoms with Gasteiger partial charge in [-0.1, -0.05) is 0 Å². The number of carbonyl (C=O) groups excluding carboxylic acids is 5. The molecule has 0 aromatic rings. The van der Waals surface area contributed by atoms with E-state index < -0.39 is 54.5 Å². The molecule has 1 rings (SSSR count). The van der Waals surface area contributed by atoms with Crippen LogP contribution in [0, 0.1) is 0 Å². The van der Waals surface area contributed by atoms with E-state index in [0.717, 1.165) is 27.7 Å². The second kappa shape index (κ2) is 9.64. The van der Waals surface area contributed by atoms with Crippen LogP contribution in [0.5, 0.6) is 0 Å². The van der Waals surface area contributed by atoms with Gasteiger partial charge in [-0.25, -0.2) is 4.79 Å². The van der Waals surface area contributed by atoms with E-state index in [-0.39, 0.29) is 6.61 Å². The quantitative estimate of drug-likeness (QED) is 0.256. The van der Waals surface area contributed by atoms with Gasteiger partial charge in [0.15, 0.2) is 18.3 Å². The molecule has 1 fully saturated rings. The van der Waals surface area contributed by atoms with Gasteiger partial charge >= 0.3 is 23.9 Å². The summed E-state index contributed by atoms with van der Waals surface area (Å²) in [5.74, 6) is -2.94. The minimum Gasteiger partial charge on any atom is -0.463 e. The molecule has 0 radical (unpaired) electrons. The van der Waals surface area contributed by atoms with E-state index >= 15 is 0 Å². The van der Waals surface area contributed by atoms with Crippen molar-refractivity contribution in [1.82, 2.24) is 0 Å². The van der Waals surface area contributed by atoms with Crippen molar-refractivity contribution >= 4 is 30.0 Å². The van der Waals surface area contributed by atoms with E-state index in [0.29, 0.717) is 0 Å². The topological polar surface area (TPSA) is 144 Å². The zero-order chi connectivity index (χ0) is 19.9. The lowest BCUT2D eigenvalue weighted by Gasteiger charge is -2.42. The number of ether oxygens (including phenoxy) is 5. The summed E-state index contributed by atoms with van der Waals surface area (Å²) in [6.07, 6.45) is -5.30. The lowest BCUT2D eigenvalue weighted by Crippen LogP contribution is -2.61. The van der Waals surface area contributed by atoms with E-state index in [1.54, 1.807) is 0 Å². The maximum Gasteiger partial charge on any atom is 0.303 e. The standard InChI is InChI=1S/C15H19NO10/c1-7(18)22-5-11-12(23-8(2)19)13(24-9(3)20)14(25-10(4)21)15(26-11)16-6-17/h11-15H,5H2,1-4H3/t11-,12-,13+,14-,15-/m1/s1. The van der Waals surface area contributed by atoms with Crippen molar-refractivity contribution in [2.24, 2.45) is 4.99 Å². The third-order valence-electron chi connectivity index (χ3n) is 3.15. The summed E-state index contributed by atoms with van der Waals surface area (Å²) in [6.45, 7) is 4.03. The minimum atomic E-state index is -1.41. The summed E-state index contributed by atoms with van der Waals surface area (Å²) in [5, 5.41) is 0. The van der Waals surface area contributed by atoms with Crippen molar-refractivity contribution in [2.45, 2.75) is 58.3 Å². The maximum absolute atomic E-state index is 11.5. The number of nitrogens with zero attached hydrogens (tertiary/aromatic N) is 1. The normalized spacial score (nSPS) is 27.5. The van der Waals surface area contributed by atoms with Crippen molar-refractivity contribution in [2.75, 3.05) is 6.61 Å². The number of esters is 4. The average molecular weight is 373 g/mol. The van der Waals surface area contributed by atoms with Crippen molar-refractivity contribution in [3.05, 3.63) is 0 Å². The summed E-state index contributed by atoms with van der Waals surface area (Å²) < 4.78 is 25.6. The van der Waals surface area contributed by atoms with Crippen molar-refractivity contribution in [3.63, 3.8) is 0 Å². The Labute approximate surface area is 148 Å². The van der Waals surface area contributed by atoms with Crippen LogP contribution >= 0.6 is 0 Å². The first-order chi connectivity index (χ1) is 12.1. The van der Waals surface area contributed by atoms with Crippen LogP contribution in [0.1, 0.15) is 27.7 Å².